The third-order valence-electron chi connectivity index (χ3n) is 7.75. The van der Waals surface area contributed by atoms with E-state index >= 15 is 0 Å². The lowest BCUT2D eigenvalue weighted by molar-refractivity contribution is 0.120. The summed E-state index contributed by atoms with van der Waals surface area (Å²) in [4.78, 5) is 21.7. The van der Waals surface area contributed by atoms with E-state index in [0.717, 1.165) is 63.5 Å². The van der Waals surface area contributed by atoms with Crippen LogP contribution in [0.2, 0.25) is 0 Å². The zero-order valence-corrected chi connectivity index (χ0v) is 17.0. The number of nitrogens with zero attached hydrogens (tertiary/aromatic N) is 4. The predicted molar refractivity (Wildman–Crippen MR) is 105 cm³/mol. The number of aromatic nitrogens is 2. The van der Waals surface area contributed by atoms with Gasteiger partial charge in [0.05, 0.1) is 6.04 Å². The topological polar surface area (TPSA) is 74.5 Å². The van der Waals surface area contributed by atoms with Gasteiger partial charge in [-0.25, -0.2) is 4.79 Å². The van der Waals surface area contributed by atoms with Crippen LogP contribution in [-0.2, 0) is 0 Å². The second-order valence-corrected chi connectivity index (χ2v) is 9.67. The third kappa shape index (κ3) is 3.42. The first kappa shape index (κ1) is 18.4. The molecule has 1 unspecified atom stereocenters. The molecule has 0 radical (unpaired) electrons. The number of urea groups is 1. The van der Waals surface area contributed by atoms with Crippen molar-refractivity contribution in [2.24, 2.45) is 5.41 Å². The van der Waals surface area contributed by atoms with Gasteiger partial charge < -0.3 is 14.7 Å². The molecule has 7 heteroatoms. The molecule has 0 bridgehead atoms. The van der Waals surface area contributed by atoms with E-state index in [0.29, 0.717) is 12.0 Å². The van der Waals surface area contributed by atoms with Crippen molar-refractivity contribution in [2.75, 3.05) is 26.7 Å². The Kier molecular flexibility index (Phi) is 4.81. The molecule has 1 aromatic heterocycles. The Balaban J connectivity index is 1.18. The summed E-state index contributed by atoms with van der Waals surface area (Å²) in [5.41, 5.74) is 0.279. The zero-order chi connectivity index (χ0) is 19.1. The van der Waals surface area contributed by atoms with Crippen molar-refractivity contribution in [2.45, 2.75) is 82.2 Å². The maximum Gasteiger partial charge on any atom is 0.317 e. The highest BCUT2D eigenvalue weighted by atomic mass is 16.5. The van der Waals surface area contributed by atoms with Gasteiger partial charge in [-0.1, -0.05) is 24.4 Å². The lowest BCUT2D eigenvalue weighted by Crippen LogP contribution is -2.49. The van der Waals surface area contributed by atoms with Crippen molar-refractivity contribution in [1.29, 1.82) is 0 Å². The molecule has 4 aliphatic rings. The third-order valence-corrected chi connectivity index (χ3v) is 7.75. The van der Waals surface area contributed by atoms with E-state index in [2.05, 4.69) is 22.4 Å². The van der Waals surface area contributed by atoms with Crippen LogP contribution >= 0.6 is 0 Å². The minimum Gasteiger partial charge on any atom is -0.339 e. The first-order chi connectivity index (χ1) is 13.6. The van der Waals surface area contributed by atoms with E-state index in [1.807, 2.05) is 4.90 Å². The van der Waals surface area contributed by atoms with Crippen LogP contribution in [0.1, 0.15) is 87.9 Å². The smallest absolute Gasteiger partial charge is 0.317 e. The Hall–Kier alpha value is -1.63. The number of piperidine rings is 1. The summed E-state index contributed by atoms with van der Waals surface area (Å²) in [7, 11) is 2.18. The van der Waals surface area contributed by atoms with E-state index in [4.69, 9.17) is 9.51 Å². The minimum atomic E-state index is 0.146. The van der Waals surface area contributed by atoms with E-state index in [1.165, 1.54) is 32.1 Å². The number of rotatable bonds is 3. The molecule has 4 fully saturated rings. The van der Waals surface area contributed by atoms with Crippen molar-refractivity contribution in [3.05, 3.63) is 11.7 Å². The van der Waals surface area contributed by atoms with Gasteiger partial charge in [0.15, 0.2) is 5.82 Å². The van der Waals surface area contributed by atoms with Gasteiger partial charge in [0, 0.05) is 31.6 Å². The van der Waals surface area contributed by atoms with Gasteiger partial charge in [-0.3, -0.25) is 4.90 Å². The van der Waals surface area contributed by atoms with Crippen LogP contribution < -0.4 is 5.32 Å². The van der Waals surface area contributed by atoms with Gasteiger partial charge in [0.1, 0.15) is 0 Å². The summed E-state index contributed by atoms with van der Waals surface area (Å²) in [6, 6.07) is 0.790. The molecule has 2 amide bonds. The van der Waals surface area contributed by atoms with Gasteiger partial charge in [-0.2, -0.15) is 4.98 Å². The molecule has 1 aromatic rings. The molecular weight excluding hydrogens is 354 g/mol. The van der Waals surface area contributed by atoms with Crippen molar-refractivity contribution in [3.8, 4) is 0 Å². The summed E-state index contributed by atoms with van der Waals surface area (Å²) in [5, 5.41) is 7.57. The predicted octanol–water partition coefficient (Wildman–Crippen LogP) is 3.45. The van der Waals surface area contributed by atoms with Crippen molar-refractivity contribution in [1.82, 2.24) is 25.3 Å². The number of nitrogens with one attached hydrogen (secondary N) is 1. The second kappa shape index (κ2) is 7.32. The average Bonchev–Trinajstić information content (AvgIpc) is 3.36. The molecule has 0 aromatic carbocycles. The Morgan fingerprint density at radius 1 is 1.14 bits per heavy atom. The fourth-order valence-corrected chi connectivity index (χ4v) is 5.64. The molecule has 154 valence electrons. The van der Waals surface area contributed by atoms with Crippen LogP contribution in [-0.4, -0.2) is 58.7 Å². The zero-order valence-electron chi connectivity index (χ0n) is 17.0. The number of likely N-dealkylation sites (tertiary alicyclic amines) is 2. The van der Waals surface area contributed by atoms with Crippen LogP contribution in [0.4, 0.5) is 4.79 Å². The van der Waals surface area contributed by atoms with Crippen LogP contribution in [0, 0.1) is 5.41 Å². The van der Waals surface area contributed by atoms with Crippen LogP contribution in [0.3, 0.4) is 0 Å². The van der Waals surface area contributed by atoms with Crippen LogP contribution in [0.15, 0.2) is 4.52 Å². The maximum atomic E-state index is 12.6. The highest BCUT2D eigenvalue weighted by Gasteiger charge is 2.47. The fourth-order valence-electron chi connectivity index (χ4n) is 5.64. The largest absolute Gasteiger partial charge is 0.339 e. The maximum absolute atomic E-state index is 12.6. The van der Waals surface area contributed by atoms with Crippen LogP contribution in [0.25, 0.3) is 0 Å². The van der Waals surface area contributed by atoms with E-state index in [-0.39, 0.29) is 17.5 Å². The molecule has 1 spiro atoms. The van der Waals surface area contributed by atoms with Crippen LogP contribution in [0.5, 0.6) is 0 Å². The Labute approximate surface area is 167 Å². The monoisotopic (exact) mass is 387 g/mol. The normalized spacial score (nSPS) is 28.8. The summed E-state index contributed by atoms with van der Waals surface area (Å²) in [5.74, 6) is 2.19. The van der Waals surface area contributed by atoms with Crippen molar-refractivity contribution >= 4 is 6.03 Å². The molecule has 5 rings (SSSR count). The number of hydrogen-bond acceptors (Lipinski definition) is 5. The summed E-state index contributed by atoms with van der Waals surface area (Å²) in [6.45, 7) is 2.78. The molecule has 7 nitrogen and oxygen atoms in total. The molecule has 1 atom stereocenters. The fraction of sp³-hybridized carbons (Fsp3) is 0.857. The molecule has 2 aliphatic heterocycles. The number of carbonyl (C=O) groups is 1. The Bertz CT molecular complexity index is 701. The highest BCUT2D eigenvalue weighted by molar-refractivity contribution is 5.74. The molecule has 2 aliphatic carbocycles. The first-order valence-electron chi connectivity index (χ1n) is 11.2. The average molecular weight is 388 g/mol. The van der Waals surface area contributed by atoms with Gasteiger partial charge in [0.2, 0.25) is 5.89 Å². The van der Waals surface area contributed by atoms with Gasteiger partial charge in [-0.15, -0.1) is 0 Å². The highest BCUT2D eigenvalue weighted by Crippen LogP contribution is 2.48. The SMILES string of the molecule is CN1CC2(CCN(C(=O)NC3CCCC3)CC2)CC1c1noc(C2CCC2)n1. The first-order valence-corrected chi connectivity index (χ1v) is 11.2. The second-order valence-electron chi connectivity index (χ2n) is 9.67. The van der Waals surface area contributed by atoms with E-state index in [1.54, 1.807) is 0 Å². The molecule has 2 saturated heterocycles. The molecular formula is C21H33N5O2. The standard InChI is InChI=1S/C21H33N5O2/c1-25-14-21(13-17(25)18-23-19(28-24-18)15-5-4-6-15)9-11-26(12-10-21)20(27)22-16-7-2-3-8-16/h15-17H,2-14H2,1H3,(H,22,27). The van der Waals surface area contributed by atoms with E-state index in [9.17, 15) is 4.79 Å². The molecule has 1 N–H and O–H groups in total. The molecule has 2 saturated carbocycles. The minimum absolute atomic E-state index is 0.146. The lowest BCUT2D eigenvalue weighted by Gasteiger charge is -2.39. The summed E-state index contributed by atoms with van der Waals surface area (Å²) >= 11 is 0. The van der Waals surface area contributed by atoms with Gasteiger partial charge >= 0.3 is 6.03 Å². The van der Waals surface area contributed by atoms with Gasteiger partial charge in [-0.05, 0) is 57.4 Å². The number of carbonyl (C=O) groups excluding carboxylic acids is 1. The number of hydrogen-bond donors (Lipinski definition) is 1. The van der Waals surface area contributed by atoms with Crippen molar-refractivity contribution in [3.63, 3.8) is 0 Å². The lowest BCUT2D eigenvalue weighted by atomic mass is 9.76. The summed E-state index contributed by atoms with van der Waals surface area (Å²) in [6.07, 6.45) is 11.6. The molecule has 28 heavy (non-hydrogen) atoms. The summed E-state index contributed by atoms with van der Waals surface area (Å²) < 4.78 is 5.57. The quantitative estimate of drug-likeness (QED) is 0.860. The Morgan fingerprint density at radius 3 is 2.57 bits per heavy atom. The Morgan fingerprint density at radius 2 is 1.89 bits per heavy atom. The number of amides is 2. The molecule has 3 heterocycles. The van der Waals surface area contributed by atoms with Gasteiger partial charge in [0.25, 0.3) is 0 Å². The van der Waals surface area contributed by atoms with Crippen molar-refractivity contribution < 1.29 is 9.32 Å². The van der Waals surface area contributed by atoms with E-state index < -0.39 is 0 Å².